The maximum atomic E-state index is 8.59. The molecule has 0 aliphatic rings. The highest BCUT2D eigenvalue weighted by atomic mass is 16.3. The Balaban J connectivity index is 3.29. The molecule has 50 valence electrons. The fourth-order valence-electron chi connectivity index (χ4n) is 0.257. The lowest BCUT2D eigenvalue weighted by Gasteiger charge is -2.12. The number of aliphatic hydroxyl groups excluding tert-OH is 3. The Kier molecular flexibility index (Phi) is 3.72. The van der Waals surface area contributed by atoms with Crippen molar-refractivity contribution >= 4 is 0 Å². The van der Waals surface area contributed by atoms with Crippen molar-refractivity contribution in [1.29, 1.82) is 0 Å². The summed E-state index contributed by atoms with van der Waals surface area (Å²) in [6, 6.07) is -0.722. The minimum atomic E-state index is -1.00. The normalized spacial score (nSPS) is 18.0. The molecule has 0 spiro atoms. The van der Waals surface area contributed by atoms with E-state index in [4.69, 9.17) is 21.1 Å². The van der Waals surface area contributed by atoms with Gasteiger partial charge in [0.1, 0.15) is 0 Å². The maximum Gasteiger partial charge on any atom is 0.0943 e. The minimum absolute atomic E-state index is 0.304. The molecule has 0 heterocycles. The molecule has 0 saturated carbocycles. The summed E-state index contributed by atoms with van der Waals surface area (Å²) in [5.41, 5.74) is 5.07. The van der Waals surface area contributed by atoms with Crippen LogP contribution in [0.25, 0.3) is 0 Å². The molecule has 0 fully saturated rings. The molecule has 0 aromatic rings. The molecule has 0 aromatic carbocycles. The number of aliphatic hydroxyl groups is 3. The van der Waals surface area contributed by atoms with E-state index in [2.05, 4.69) is 0 Å². The molecule has 0 amide bonds. The molecule has 4 heteroatoms. The highest BCUT2D eigenvalue weighted by Crippen LogP contribution is 1.84. The number of nitrogens with two attached hydrogens (primary N) is 1. The average Bonchev–Trinajstić information content (AvgIpc) is 1.84. The summed E-state index contributed by atoms with van der Waals surface area (Å²) < 4.78 is 0. The molecule has 0 aromatic heterocycles. The molecule has 2 atom stereocenters. The van der Waals surface area contributed by atoms with Crippen molar-refractivity contribution in [1.82, 2.24) is 0 Å². The van der Waals surface area contributed by atoms with Gasteiger partial charge in [-0.2, -0.15) is 0 Å². The first-order valence-electron chi connectivity index (χ1n) is 2.37. The zero-order valence-electron chi connectivity index (χ0n) is 4.49. The lowest BCUT2D eigenvalue weighted by molar-refractivity contribution is 0.0549. The van der Waals surface area contributed by atoms with Gasteiger partial charge in [0, 0.05) is 0 Å². The maximum absolute atomic E-state index is 8.59. The van der Waals surface area contributed by atoms with Crippen LogP contribution >= 0.6 is 0 Å². The molecule has 0 rings (SSSR count). The summed E-state index contributed by atoms with van der Waals surface area (Å²) in [5.74, 6) is 0. The quantitative estimate of drug-likeness (QED) is 0.337. The Morgan fingerprint density at radius 3 is 1.88 bits per heavy atom. The third kappa shape index (κ3) is 2.23. The van der Waals surface area contributed by atoms with E-state index in [-0.39, 0.29) is 6.61 Å². The second kappa shape index (κ2) is 3.80. The predicted octanol–water partition coefficient (Wildman–Crippen LogP) is -2.34. The van der Waals surface area contributed by atoms with E-state index in [9.17, 15) is 0 Å². The summed E-state index contributed by atoms with van der Waals surface area (Å²) in [7, 11) is 0. The highest BCUT2D eigenvalue weighted by molar-refractivity contribution is 4.68. The van der Waals surface area contributed by atoms with Gasteiger partial charge in [0.05, 0.1) is 25.4 Å². The summed E-state index contributed by atoms with van der Waals surface area (Å²) in [6.07, 6.45) is -1.00. The van der Waals surface area contributed by atoms with Crippen LogP contribution in [-0.4, -0.2) is 40.7 Å². The fourth-order valence-corrected chi connectivity index (χ4v) is 0.257. The molecule has 0 aliphatic carbocycles. The Hall–Kier alpha value is -0.160. The van der Waals surface area contributed by atoms with Gasteiger partial charge in [-0.05, 0) is 0 Å². The molecule has 1 unspecified atom stereocenters. The van der Waals surface area contributed by atoms with E-state index < -0.39 is 18.8 Å². The van der Waals surface area contributed by atoms with E-state index >= 15 is 0 Å². The second-order valence-electron chi connectivity index (χ2n) is 1.60. The van der Waals surface area contributed by atoms with Crippen molar-refractivity contribution in [3.63, 3.8) is 0 Å². The van der Waals surface area contributed by atoms with Gasteiger partial charge >= 0.3 is 0 Å². The van der Waals surface area contributed by atoms with Gasteiger partial charge in [0.15, 0.2) is 0 Å². The van der Waals surface area contributed by atoms with Gasteiger partial charge < -0.3 is 21.1 Å². The number of hydrogen-bond acceptors (Lipinski definition) is 4. The van der Waals surface area contributed by atoms with Crippen LogP contribution in [0.5, 0.6) is 0 Å². The Morgan fingerprint density at radius 2 is 1.75 bits per heavy atom. The van der Waals surface area contributed by atoms with Crippen molar-refractivity contribution in [3.05, 3.63) is 0 Å². The second-order valence-corrected chi connectivity index (χ2v) is 1.60. The Bertz CT molecular complexity index is 51.2. The Labute approximate surface area is 47.6 Å². The van der Waals surface area contributed by atoms with Crippen molar-refractivity contribution < 1.29 is 15.3 Å². The molecule has 4 nitrogen and oxygen atoms in total. The molecule has 0 radical (unpaired) electrons. The van der Waals surface area contributed by atoms with E-state index in [0.717, 1.165) is 0 Å². The van der Waals surface area contributed by atoms with Crippen LogP contribution in [0, 0.1) is 0 Å². The van der Waals surface area contributed by atoms with Crippen molar-refractivity contribution in [2.24, 2.45) is 5.73 Å². The molecule has 5 N–H and O–H groups in total. The van der Waals surface area contributed by atoms with Crippen LogP contribution in [0.15, 0.2) is 0 Å². The SMILES string of the molecule is N[C@@H](CO)C(O)CO. The minimum Gasteiger partial charge on any atom is -0.395 e. The molecule has 0 bridgehead atoms. The van der Waals surface area contributed by atoms with Crippen LogP contribution in [0.4, 0.5) is 0 Å². The van der Waals surface area contributed by atoms with Gasteiger partial charge in [0.2, 0.25) is 0 Å². The fraction of sp³-hybridized carbons (Fsp3) is 1.00. The third-order valence-electron chi connectivity index (χ3n) is 0.892. The van der Waals surface area contributed by atoms with Crippen LogP contribution in [0.3, 0.4) is 0 Å². The molecule has 0 saturated heterocycles. The number of hydrogen-bond donors (Lipinski definition) is 4. The van der Waals surface area contributed by atoms with Crippen LogP contribution in [0.2, 0.25) is 0 Å². The van der Waals surface area contributed by atoms with Crippen LogP contribution in [0.1, 0.15) is 0 Å². The first kappa shape index (κ1) is 7.84. The molecule has 0 aliphatic heterocycles. The van der Waals surface area contributed by atoms with E-state index in [1.54, 1.807) is 0 Å². The number of rotatable bonds is 3. The smallest absolute Gasteiger partial charge is 0.0943 e. The molecular weight excluding hydrogens is 110 g/mol. The summed E-state index contributed by atoms with van der Waals surface area (Å²) >= 11 is 0. The first-order chi connectivity index (χ1) is 3.72. The van der Waals surface area contributed by atoms with Crippen molar-refractivity contribution in [2.45, 2.75) is 12.1 Å². The van der Waals surface area contributed by atoms with Crippen molar-refractivity contribution in [2.75, 3.05) is 13.2 Å². The van der Waals surface area contributed by atoms with Gasteiger partial charge in [-0.3, -0.25) is 0 Å². The Morgan fingerprint density at radius 1 is 1.25 bits per heavy atom. The van der Waals surface area contributed by atoms with E-state index in [1.165, 1.54) is 0 Å². The van der Waals surface area contributed by atoms with Gasteiger partial charge in [-0.1, -0.05) is 0 Å². The van der Waals surface area contributed by atoms with E-state index in [0.29, 0.717) is 0 Å². The average molecular weight is 121 g/mol. The summed E-state index contributed by atoms with van der Waals surface area (Å²) in [6.45, 7) is -0.705. The standard InChI is InChI=1S/C4H11NO3/c5-3(1-6)4(8)2-7/h3-4,6-8H,1-2,5H2/t3-,4?/m0/s1. The zero-order valence-corrected chi connectivity index (χ0v) is 4.49. The van der Waals surface area contributed by atoms with Crippen LogP contribution < -0.4 is 5.73 Å². The third-order valence-corrected chi connectivity index (χ3v) is 0.892. The topological polar surface area (TPSA) is 86.7 Å². The van der Waals surface area contributed by atoms with E-state index in [1.807, 2.05) is 0 Å². The van der Waals surface area contributed by atoms with Crippen molar-refractivity contribution in [3.8, 4) is 0 Å². The van der Waals surface area contributed by atoms with Gasteiger partial charge in [0.25, 0.3) is 0 Å². The molecule has 8 heavy (non-hydrogen) atoms. The van der Waals surface area contributed by atoms with Gasteiger partial charge in [-0.25, -0.2) is 0 Å². The summed E-state index contributed by atoms with van der Waals surface area (Å²) in [5, 5.41) is 25.0. The van der Waals surface area contributed by atoms with Gasteiger partial charge in [-0.15, -0.1) is 0 Å². The lowest BCUT2D eigenvalue weighted by atomic mass is 10.2. The lowest BCUT2D eigenvalue weighted by Crippen LogP contribution is -2.39. The summed E-state index contributed by atoms with van der Waals surface area (Å²) in [4.78, 5) is 0. The molecular formula is C4H11NO3. The zero-order chi connectivity index (χ0) is 6.57. The van der Waals surface area contributed by atoms with Crippen LogP contribution in [-0.2, 0) is 0 Å². The predicted molar refractivity (Wildman–Crippen MR) is 28.2 cm³/mol. The monoisotopic (exact) mass is 121 g/mol. The largest absolute Gasteiger partial charge is 0.395 e. The highest BCUT2D eigenvalue weighted by Gasteiger charge is 2.10. The first-order valence-corrected chi connectivity index (χ1v) is 2.37.